The van der Waals surface area contributed by atoms with Crippen LogP contribution in [-0.4, -0.2) is 23.1 Å². The molecule has 5 heterocycles. The number of rotatable bonds is 4. The van der Waals surface area contributed by atoms with E-state index in [2.05, 4.69) is 194 Å². The third-order valence-corrected chi connectivity index (χ3v) is 11.8. The molecular weight excluding hydrogens is 699 g/mol. The third-order valence-electron chi connectivity index (χ3n) is 11.8. The Morgan fingerprint density at radius 3 is 1.82 bits per heavy atom. The Kier molecular flexibility index (Phi) is 6.07. The second kappa shape index (κ2) is 11.4. The van der Waals surface area contributed by atoms with Crippen molar-refractivity contribution in [1.29, 1.82) is 0 Å². The smallest absolute Gasteiger partial charge is 0.221 e. The van der Waals surface area contributed by atoms with Crippen molar-refractivity contribution >= 4 is 82.6 Å². The second-order valence-corrected chi connectivity index (χ2v) is 14.8. The first-order valence-electron chi connectivity index (χ1n) is 19.3. The van der Waals surface area contributed by atoms with Gasteiger partial charge in [0.25, 0.3) is 0 Å². The van der Waals surface area contributed by atoms with Gasteiger partial charge in [0.15, 0.2) is 5.65 Å². The summed E-state index contributed by atoms with van der Waals surface area (Å²) in [4.78, 5) is 5.41. The number of aromatic nitrogens is 5. The Morgan fingerprint density at radius 2 is 1.00 bits per heavy atom. The summed E-state index contributed by atoms with van der Waals surface area (Å²) in [6.45, 7) is 0. The lowest BCUT2D eigenvalue weighted by Gasteiger charge is -2.11. The van der Waals surface area contributed by atoms with E-state index in [4.69, 9.17) is 9.40 Å². The minimum Gasteiger partial charge on any atom is -0.455 e. The number of benzene rings is 8. The molecular formula is C51H31N5O. The summed E-state index contributed by atoms with van der Waals surface area (Å²) in [5.74, 6) is 0.893. The largest absolute Gasteiger partial charge is 0.455 e. The SMILES string of the molecule is c1ccc(-n2c3ccccc3n3c2nc2c4ccccc4n(-c4ccc5c(c4)c4ccccc4n5-c4ccc(-c5cccc6c5oc5ccccc56)cc4)c23)cc1. The fourth-order valence-corrected chi connectivity index (χ4v) is 9.33. The van der Waals surface area contributed by atoms with Crippen LogP contribution in [0.15, 0.2) is 192 Å². The highest BCUT2D eigenvalue weighted by molar-refractivity contribution is 6.13. The number of imidazole rings is 2. The molecule has 6 nitrogen and oxygen atoms in total. The van der Waals surface area contributed by atoms with Crippen molar-refractivity contribution in [2.24, 2.45) is 0 Å². The molecule has 0 aliphatic carbocycles. The van der Waals surface area contributed by atoms with Gasteiger partial charge in [-0.25, -0.2) is 4.98 Å². The fourth-order valence-electron chi connectivity index (χ4n) is 9.33. The van der Waals surface area contributed by atoms with Gasteiger partial charge in [-0.2, -0.15) is 0 Å². The van der Waals surface area contributed by atoms with Crippen molar-refractivity contribution in [3.05, 3.63) is 188 Å². The summed E-state index contributed by atoms with van der Waals surface area (Å²) in [6.07, 6.45) is 0. The van der Waals surface area contributed by atoms with Gasteiger partial charge in [-0.3, -0.25) is 13.5 Å². The highest BCUT2D eigenvalue weighted by atomic mass is 16.3. The summed E-state index contributed by atoms with van der Waals surface area (Å²) in [5, 5.41) is 5.80. The van der Waals surface area contributed by atoms with Crippen molar-refractivity contribution in [3.63, 3.8) is 0 Å². The Labute approximate surface area is 325 Å². The molecule has 0 aliphatic rings. The third kappa shape index (κ3) is 4.16. The van der Waals surface area contributed by atoms with Crippen molar-refractivity contribution in [2.75, 3.05) is 0 Å². The van der Waals surface area contributed by atoms with E-state index in [1.807, 2.05) is 12.1 Å². The van der Waals surface area contributed by atoms with Crippen LogP contribution in [0.4, 0.5) is 0 Å². The second-order valence-electron chi connectivity index (χ2n) is 14.8. The zero-order valence-electron chi connectivity index (χ0n) is 30.5. The Bertz CT molecular complexity index is 3740. The molecule has 6 heteroatoms. The maximum absolute atomic E-state index is 6.40. The molecule has 0 unspecified atom stereocenters. The number of hydrogen-bond donors (Lipinski definition) is 0. The summed E-state index contributed by atoms with van der Waals surface area (Å²) in [5.41, 5.74) is 15.0. The summed E-state index contributed by atoms with van der Waals surface area (Å²) >= 11 is 0. The highest BCUT2D eigenvalue weighted by Gasteiger charge is 2.24. The van der Waals surface area contributed by atoms with Gasteiger partial charge >= 0.3 is 0 Å². The molecule has 0 spiro atoms. The van der Waals surface area contributed by atoms with Crippen molar-refractivity contribution < 1.29 is 4.42 Å². The molecule has 0 radical (unpaired) electrons. The topological polar surface area (TPSA) is 45.2 Å². The van der Waals surface area contributed by atoms with Crippen LogP contribution in [0.3, 0.4) is 0 Å². The van der Waals surface area contributed by atoms with Gasteiger partial charge in [0.2, 0.25) is 5.78 Å². The first-order valence-corrected chi connectivity index (χ1v) is 19.3. The molecule has 5 aromatic heterocycles. The maximum atomic E-state index is 6.40. The van der Waals surface area contributed by atoms with Crippen molar-refractivity contribution in [3.8, 4) is 28.2 Å². The first kappa shape index (κ1) is 30.5. The van der Waals surface area contributed by atoms with Crippen LogP contribution in [0.5, 0.6) is 0 Å². The van der Waals surface area contributed by atoms with E-state index >= 15 is 0 Å². The highest BCUT2D eigenvalue weighted by Crippen LogP contribution is 2.40. The molecule has 13 rings (SSSR count). The van der Waals surface area contributed by atoms with Gasteiger partial charge in [-0.1, -0.05) is 115 Å². The fraction of sp³-hybridized carbons (Fsp3) is 0. The zero-order chi connectivity index (χ0) is 37.2. The van der Waals surface area contributed by atoms with Crippen LogP contribution in [0, 0.1) is 0 Å². The number of furan rings is 1. The molecule has 13 aromatic rings. The molecule has 0 aliphatic heterocycles. The van der Waals surface area contributed by atoms with Gasteiger partial charge in [0.1, 0.15) is 16.7 Å². The van der Waals surface area contributed by atoms with E-state index in [0.29, 0.717) is 0 Å². The van der Waals surface area contributed by atoms with E-state index < -0.39 is 0 Å². The molecule has 8 aromatic carbocycles. The van der Waals surface area contributed by atoms with Crippen LogP contribution in [0.2, 0.25) is 0 Å². The van der Waals surface area contributed by atoms with Crippen LogP contribution in [0.1, 0.15) is 0 Å². The average molecular weight is 730 g/mol. The van der Waals surface area contributed by atoms with Crippen LogP contribution in [0.25, 0.3) is 111 Å². The lowest BCUT2D eigenvalue weighted by atomic mass is 10.0. The predicted octanol–water partition coefficient (Wildman–Crippen LogP) is 13.0. The predicted molar refractivity (Wildman–Crippen MR) is 233 cm³/mol. The molecule has 0 saturated heterocycles. The van der Waals surface area contributed by atoms with Crippen LogP contribution < -0.4 is 0 Å². The van der Waals surface area contributed by atoms with Gasteiger partial charge in [0, 0.05) is 49.6 Å². The van der Waals surface area contributed by atoms with E-state index in [9.17, 15) is 0 Å². The number of para-hydroxylation sites is 7. The molecule has 0 fully saturated rings. The summed E-state index contributed by atoms with van der Waals surface area (Å²) in [7, 11) is 0. The number of hydrogen-bond acceptors (Lipinski definition) is 2. The monoisotopic (exact) mass is 729 g/mol. The summed E-state index contributed by atoms with van der Waals surface area (Å²) in [6, 6.07) is 66.9. The first-order chi connectivity index (χ1) is 28.3. The van der Waals surface area contributed by atoms with Gasteiger partial charge in [-0.05, 0) is 78.4 Å². The molecule has 0 bridgehead atoms. The standard InChI is InChI=1S/C51H31N5O/c1-2-13-33(14-3-1)55-45-22-9-10-23-46(45)56-50-48(52-51(55)56)40-17-5-8-21-43(40)54(50)35-29-30-44-41(31-35)37-15-4-7-20-42(37)53(44)34-27-25-32(26-28-34)36-18-12-19-39-38-16-6-11-24-47(38)57-49(36)39/h1-31H. The average Bonchev–Trinajstić information content (AvgIpc) is 4.07. The molecule has 0 amide bonds. The zero-order valence-corrected chi connectivity index (χ0v) is 30.5. The van der Waals surface area contributed by atoms with Gasteiger partial charge < -0.3 is 8.98 Å². The normalized spacial score (nSPS) is 12.2. The minimum absolute atomic E-state index is 0.893. The lowest BCUT2D eigenvalue weighted by molar-refractivity contribution is 0.670. The Morgan fingerprint density at radius 1 is 0.386 bits per heavy atom. The number of fused-ring (bicyclic) bond motifs is 13. The Balaban J connectivity index is 1.02. The molecule has 266 valence electrons. The molecule has 57 heavy (non-hydrogen) atoms. The maximum Gasteiger partial charge on any atom is 0.221 e. The van der Waals surface area contributed by atoms with Crippen LogP contribution >= 0.6 is 0 Å². The Hall–Kier alpha value is -7.83. The molecule has 0 atom stereocenters. The van der Waals surface area contributed by atoms with Crippen LogP contribution in [-0.2, 0) is 0 Å². The van der Waals surface area contributed by atoms with Gasteiger partial charge in [0.05, 0.1) is 27.6 Å². The van der Waals surface area contributed by atoms with E-state index in [-0.39, 0.29) is 0 Å². The minimum atomic E-state index is 0.893. The number of nitrogens with zero attached hydrogens (tertiary/aromatic N) is 5. The van der Waals surface area contributed by atoms with E-state index in [1.165, 1.54) is 10.8 Å². The van der Waals surface area contributed by atoms with Gasteiger partial charge in [-0.15, -0.1) is 0 Å². The molecule has 0 N–H and O–H groups in total. The van der Waals surface area contributed by atoms with E-state index in [1.54, 1.807) is 0 Å². The van der Waals surface area contributed by atoms with Crippen molar-refractivity contribution in [1.82, 2.24) is 23.1 Å². The van der Waals surface area contributed by atoms with E-state index in [0.717, 1.165) is 100 Å². The van der Waals surface area contributed by atoms with Crippen molar-refractivity contribution in [2.45, 2.75) is 0 Å². The summed E-state index contributed by atoms with van der Waals surface area (Å²) < 4.78 is 15.8. The molecule has 0 saturated carbocycles. The lowest BCUT2D eigenvalue weighted by Crippen LogP contribution is -1.98. The quantitative estimate of drug-likeness (QED) is 0.181.